The van der Waals surface area contributed by atoms with Gasteiger partial charge in [0.1, 0.15) is 6.10 Å². The SMILES string of the molecule is CCC1(CC)C(Cl)CC1Oc1cc(C)ccc1F. The van der Waals surface area contributed by atoms with Gasteiger partial charge in [-0.25, -0.2) is 4.39 Å². The summed E-state index contributed by atoms with van der Waals surface area (Å²) in [6.07, 6.45) is 2.77. The van der Waals surface area contributed by atoms with Crippen molar-refractivity contribution in [1.29, 1.82) is 0 Å². The second kappa shape index (κ2) is 5.08. The highest BCUT2D eigenvalue weighted by molar-refractivity contribution is 6.21. The second-order valence-electron chi connectivity index (χ2n) is 5.18. The first-order valence-electron chi connectivity index (χ1n) is 6.60. The van der Waals surface area contributed by atoms with E-state index in [-0.39, 0.29) is 22.7 Å². The zero-order chi connectivity index (χ0) is 13.3. The van der Waals surface area contributed by atoms with Crippen molar-refractivity contribution in [1.82, 2.24) is 0 Å². The summed E-state index contributed by atoms with van der Waals surface area (Å²) in [5.41, 5.74) is 1.00. The van der Waals surface area contributed by atoms with Gasteiger partial charge in [0.05, 0.1) is 0 Å². The Morgan fingerprint density at radius 3 is 2.61 bits per heavy atom. The molecule has 1 aliphatic carbocycles. The molecule has 0 radical (unpaired) electrons. The normalized spacial score (nSPS) is 25.6. The number of rotatable bonds is 4. The molecular formula is C15H20ClFO. The summed E-state index contributed by atoms with van der Waals surface area (Å²) in [7, 11) is 0. The topological polar surface area (TPSA) is 9.23 Å². The monoisotopic (exact) mass is 270 g/mol. The Morgan fingerprint density at radius 1 is 1.39 bits per heavy atom. The van der Waals surface area contributed by atoms with Crippen molar-refractivity contribution in [2.75, 3.05) is 0 Å². The van der Waals surface area contributed by atoms with Crippen LogP contribution in [0.3, 0.4) is 0 Å². The second-order valence-corrected chi connectivity index (χ2v) is 5.71. The van der Waals surface area contributed by atoms with Crippen LogP contribution in [0.2, 0.25) is 0 Å². The molecule has 0 spiro atoms. The van der Waals surface area contributed by atoms with Crippen molar-refractivity contribution in [2.45, 2.75) is 51.5 Å². The first kappa shape index (κ1) is 13.7. The van der Waals surface area contributed by atoms with Gasteiger partial charge >= 0.3 is 0 Å². The van der Waals surface area contributed by atoms with Crippen LogP contribution in [0.5, 0.6) is 5.75 Å². The molecule has 0 N–H and O–H groups in total. The van der Waals surface area contributed by atoms with Gasteiger partial charge in [0.2, 0.25) is 0 Å². The van der Waals surface area contributed by atoms with E-state index in [1.807, 2.05) is 6.92 Å². The van der Waals surface area contributed by atoms with E-state index in [0.717, 1.165) is 24.8 Å². The Bertz CT molecular complexity index is 429. The van der Waals surface area contributed by atoms with Crippen LogP contribution < -0.4 is 4.74 Å². The molecule has 0 heterocycles. The lowest BCUT2D eigenvalue weighted by Gasteiger charge is -2.52. The average Bonchev–Trinajstić information content (AvgIpc) is 2.35. The first-order valence-corrected chi connectivity index (χ1v) is 7.04. The Hall–Kier alpha value is -0.760. The minimum absolute atomic E-state index is 0.00224. The molecule has 0 saturated heterocycles. The molecule has 2 rings (SSSR count). The zero-order valence-electron chi connectivity index (χ0n) is 11.2. The summed E-state index contributed by atoms with van der Waals surface area (Å²) in [6, 6.07) is 4.97. The van der Waals surface area contributed by atoms with E-state index in [9.17, 15) is 4.39 Å². The fourth-order valence-electron chi connectivity index (χ4n) is 2.87. The van der Waals surface area contributed by atoms with Gasteiger partial charge in [-0.3, -0.25) is 0 Å². The van der Waals surface area contributed by atoms with E-state index in [1.54, 1.807) is 12.1 Å². The molecule has 0 amide bonds. The number of aryl methyl sites for hydroxylation is 1. The van der Waals surface area contributed by atoms with Crippen molar-refractivity contribution in [3.05, 3.63) is 29.6 Å². The van der Waals surface area contributed by atoms with Gasteiger partial charge in [-0.15, -0.1) is 11.6 Å². The van der Waals surface area contributed by atoms with E-state index < -0.39 is 0 Å². The molecule has 1 nitrogen and oxygen atoms in total. The fourth-order valence-corrected chi connectivity index (χ4v) is 3.48. The van der Waals surface area contributed by atoms with E-state index in [1.165, 1.54) is 6.07 Å². The molecule has 1 aromatic rings. The van der Waals surface area contributed by atoms with Gasteiger partial charge in [0.15, 0.2) is 11.6 Å². The highest BCUT2D eigenvalue weighted by atomic mass is 35.5. The third-order valence-electron chi connectivity index (χ3n) is 4.36. The first-order chi connectivity index (χ1) is 8.53. The highest BCUT2D eigenvalue weighted by Gasteiger charge is 2.53. The standard InChI is InChI=1S/C15H20ClFO/c1-4-15(5-2)13(16)9-14(15)18-12-8-10(3)6-7-11(12)17/h6-8,13-14H,4-5,9H2,1-3H3. The van der Waals surface area contributed by atoms with Gasteiger partial charge in [-0.05, 0) is 37.5 Å². The van der Waals surface area contributed by atoms with Crippen LogP contribution in [0.1, 0.15) is 38.7 Å². The Kier molecular flexibility index (Phi) is 3.86. The van der Waals surface area contributed by atoms with Crippen molar-refractivity contribution in [3.63, 3.8) is 0 Å². The van der Waals surface area contributed by atoms with Crippen LogP contribution in [0.25, 0.3) is 0 Å². The maximum absolute atomic E-state index is 13.7. The predicted octanol–water partition coefficient (Wildman–Crippen LogP) is 4.70. The largest absolute Gasteiger partial charge is 0.487 e. The van der Waals surface area contributed by atoms with Crippen LogP contribution in [0.4, 0.5) is 4.39 Å². The number of alkyl halides is 1. The van der Waals surface area contributed by atoms with Crippen molar-refractivity contribution in [3.8, 4) is 5.75 Å². The lowest BCUT2D eigenvalue weighted by Crippen LogP contribution is -2.56. The smallest absolute Gasteiger partial charge is 0.165 e. The number of hydrogen-bond acceptors (Lipinski definition) is 1. The van der Waals surface area contributed by atoms with Crippen LogP contribution >= 0.6 is 11.6 Å². The van der Waals surface area contributed by atoms with Crippen LogP contribution in [-0.4, -0.2) is 11.5 Å². The molecule has 1 fully saturated rings. The highest BCUT2D eigenvalue weighted by Crippen LogP contribution is 2.52. The summed E-state index contributed by atoms with van der Waals surface area (Å²) in [5, 5.41) is 0.144. The summed E-state index contributed by atoms with van der Waals surface area (Å²) in [5.74, 6) is 0.0644. The summed E-state index contributed by atoms with van der Waals surface area (Å²) in [4.78, 5) is 0. The van der Waals surface area contributed by atoms with Crippen molar-refractivity contribution in [2.24, 2.45) is 5.41 Å². The minimum Gasteiger partial charge on any atom is -0.487 e. The Balaban J connectivity index is 2.17. The van der Waals surface area contributed by atoms with Crippen LogP contribution in [0, 0.1) is 18.2 Å². The van der Waals surface area contributed by atoms with E-state index >= 15 is 0 Å². The van der Waals surface area contributed by atoms with E-state index in [4.69, 9.17) is 16.3 Å². The van der Waals surface area contributed by atoms with Gasteiger partial charge in [0, 0.05) is 17.2 Å². The predicted molar refractivity (Wildman–Crippen MR) is 72.8 cm³/mol. The van der Waals surface area contributed by atoms with Gasteiger partial charge in [0.25, 0.3) is 0 Å². The fraction of sp³-hybridized carbons (Fsp3) is 0.600. The Morgan fingerprint density at radius 2 is 2.06 bits per heavy atom. The molecule has 2 unspecified atom stereocenters. The zero-order valence-corrected chi connectivity index (χ0v) is 11.9. The molecule has 0 aliphatic heterocycles. The van der Waals surface area contributed by atoms with Crippen LogP contribution in [-0.2, 0) is 0 Å². The third kappa shape index (κ3) is 2.11. The number of hydrogen-bond donors (Lipinski definition) is 0. The van der Waals surface area contributed by atoms with Crippen molar-refractivity contribution >= 4 is 11.6 Å². The summed E-state index contributed by atoms with van der Waals surface area (Å²) >= 11 is 6.33. The van der Waals surface area contributed by atoms with E-state index in [2.05, 4.69) is 13.8 Å². The molecule has 1 aliphatic rings. The molecule has 1 saturated carbocycles. The maximum atomic E-state index is 13.7. The van der Waals surface area contributed by atoms with E-state index in [0.29, 0.717) is 5.75 Å². The number of benzene rings is 1. The lowest BCUT2D eigenvalue weighted by atomic mass is 9.62. The average molecular weight is 271 g/mol. The number of halogens is 2. The molecule has 3 heteroatoms. The summed E-state index contributed by atoms with van der Waals surface area (Å²) in [6.45, 7) is 6.19. The van der Waals surface area contributed by atoms with Gasteiger partial charge in [-0.1, -0.05) is 19.9 Å². The van der Waals surface area contributed by atoms with Crippen molar-refractivity contribution < 1.29 is 9.13 Å². The molecule has 0 bridgehead atoms. The molecular weight excluding hydrogens is 251 g/mol. The third-order valence-corrected chi connectivity index (χ3v) is 4.97. The Labute approximate surface area is 113 Å². The molecule has 2 atom stereocenters. The quantitative estimate of drug-likeness (QED) is 0.721. The molecule has 100 valence electrons. The molecule has 1 aromatic carbocycles. The van der Waals surface area contributed by atoms with Gasteiger partial charge < -0.3 is 4.74 Å². The van der Waals surface area contributed by atoms with Gasteiger partial charge in [-0.2, -0.15) is 0 Å². The lowest BCUT2D eigenvalue weighted by molar-refractivity contribution is -0.0480. The minimum atomic E-state index is -0.292. The van der Waals surface area contributed by atoms with Crippen LogP contribution in [0.15, 0.2) is 18.2 Å². The molecule has 18 heavy (non-hydrogen) atoms. The summed E-state index contributed by atoms with van der Waals surface area (Å²) < 4.78 is 19.6. The molecule has 0 aromatic heterocycles. The maximum Gasteiger partial charge on any atom is 0.165 e. The number of ether oxygens (including phenoxy) is 1.